The van der Waals surface area contributed by atoms with Crippen LogP contribution in [0.5, 0.6) is 0 Å². The van der Waals surface area contributed by atoms with Gasteiger partial charge >= 0.3 is 0 Å². The minimum absolute atomic E-state index is 0.147. The number of anilines is 2. The Morgan fingerprint density at radius 2 is 1.71 bits per heavy atom. The summed E-state index contributed by atoms with van der Waals surface area (Å²) < 4.78 is 0. The van der Waals surface area contributed by atoms with Crippen molar-refractivity contribution in [1.82, 2.24) is 4.98 Å². The lowest BCUT2D eigenvalue weighted by molar-refractivity contribution is 0.102. The van der Waals surface area contributed by atoms with Crippen molar-refractivity contribution < 1.29 is 9.59 Å². The van der Waals surface area contributed by atoms with Crippen LogP contribution in [0.25, 0.3) is 0 Å². The van der Waals surface area contributed by atoms with E-state index in [1.807, 2.05) is 38.1 Å². The summed E-state index contributed by atoms with van der Waals surface area (Å²) in [5.41, 5.74) is 4.28. The Bertz CT molecular complexity index is 1080. The molecule has 0 saturated carbocycles. The molecule has 28 heavy (non-hydrogen) atoms. The molecule has 0 aliphatic carbocycles. The lowest BCUT2D eigenvalue weighted by Gasteiger charge is -2.10. The molecule has 2 aromatic carbocycles. The highest BCUT2D eigenvalue weighted by Crippen LogP contribution is 2.19. The standard InChI is InChI=1S/C22H18N4O2/c1-14-4-3-5-19(15(14)2)26-22(28)20-12-17(10-11-24-20)21(27)25-18-8-6-16(13-23)7-9-18/h3-12H,1-2H3,(H,25,27)(H,26,28). The number of aryl methyl sites for hydroxylation is 1. The molecule has 1 aromatic heterocycles. The van der Waals surface area contributed by atoms with E-state index in [0.29, 0.717) is 22.5 Å². The molecule has 0 aliphatic heterocycles. The number of benzene rings is 2. The van der Waals surface area contributed by atoms with Crippen LogP contribution in [0.1, 0.15) is 37.5 Å². The molecule has 0 fully saturated rings. The Labute approximate surface area is 162 Å². The number of nitriles is 1. The van der Waals surface area contributed by atoms with Crippen LogP contribution in [0.3, 0.4) is 0 Å². The maximum absolute atomic E-state index is 12.5. The lowest BCUT2D eigenvalue weighted by atomic mass is 10.1. The molecule has 2 N–H and O–H groups in total. The first-order chi connectivity index (χ1) is 13.5. The molecular weight excluding hydrogens is 352 g/mol. The molecule has 0 atom stereocenters. The number of pyridine rings is 1. The summed E-state index contributed by atoms with van der Waals surface area (Å²) in [5.74, 6) is -0.755. The maximum atomic E-state index is 12.5. The molecule has 2 amide bonds. The zero-order valence-electron chi connectivity index (χ0n) is 15.5. The van der Waals surface area contributed by atoms with E-state index in [4.69, 9.17) is 5.26 Å². The first kappa shape index (κ1) is 18.8. The Kier molecular flexibility index (Phi) is 5.47. The summed E-state index contributed by atoms with van der Waals surface area (Å²) >= 11 is 0. The van der Waals surface area contributed by atoms with Gasteiger partial charge in [0.05, 0.1) is 11.6 Å². The molecule has 3 aromatic rings. The van der Waals surface area contributed by atoms with Gasteiger partial charge in [0, 0.05) is 23.1 Å². The second kappa shape index (κ2) is 8.14. The van der Waals surface area contributed by atoms with E-state index in [9.17, 15) is 9.59 Å². The first-order valence-electron chi connectivity index (χ1n) is 8.63. The van der Waals surface area contributed by atoms with E-state index < -0.39 is 0 Å². The average Bonchev–Trinajstić information content (AvgIpc) is 2.72. The third-order valence-corrected chi connectivity index (χ3v) is 4.38. The molecule has 0 bridgehead atoms. The van der Waals surface area contributed by atoms with Crippen molar-refractivity contribution in [2.24, 2.45) is 0 Å². The van der Waals surface area contributed by atoms with Crippen LogP contribution in [0.2, 0.25) is 0 Å². The molecule has 6 heteroatoms. The predicted octanol–water partition coefficient (Wildman–Crippen LogP) is 4.07. The Morgan fingerprint density at radius 1 is 0.964 bits per heavy atom. The van der Waals surface area contributed by atoms with Crippen molar-refractivity contribution in [3.63, 3.8) is 0 Å². The van der Waals surface area contributed by atoms with Gasteiger partial charge in [-0.2, -0.15) is 5.26 Å². The fourth-order valence-electron chi connectivity index (χ4n) is 2.60. The highest BCUT2D eigenvalue weighted by molar-refractivity contribution is 6.08. The van der Waals surface area contributed by atoms with E-state index in [2.05, 4.69) is 15.6 Å². The van der Waals surface area contributed by atoms with Crippen molar-refractivity contribution in [3.8, 4) is 6.07 Å². The van der Waals surface area contributed by atoms with Crippen LogP contribution in [0, 0.1) is 25.2 Å². The fraction of sp³-hybridized carbons (Fsp3) is 0.0909. The predicted molar refractivity (Wildman–Crippen MR) is 107 cm³/mol. The second-order valence-corrected chi connectivity index (χ2v) is 6.27. The minimum atomic E-state index is -0.387. The van der Waals surface area contributed by atoms with Gasteiger partial charge in [0.1, 0.15) is 5.69 Å². The van der Waals surface area contributed by atoms with E-state index in [-0.39, 0.29) is 17.5 Å². The molecular formula is C22H18N4O2. The third-order valence-electron chi connectivity index (χ3n) is 4.38. The largest absolute Gasteiger partial charge is 0.322 e. The maximum Gasteiger partial charge on any atom is 0.274 e. The summed E-state index contributed by atoms with van der Waals surface area (Å²) in [4.78, 5) is 29.1. The van der Waals surface area contributed by atoms with Crippen LogP contribution in [0.15, 0.2) is 60.8 Å². The van der Waals surface area contributed by atoms with Gasteiger partial charge in [0.15, 0.2) is 0 Å². The number of nitrogens with one attached hydrogen (secondary N) is 2. The quantitative estimate of drug-likeness (QED) is 0.723. The van der Waals surface area contributed by atoms with E-state index >= 15 is 0 Å². The number of carbonyl (C=O) groups excluding carboxylic acids is 2. The monoisotopic (exact) mass is 370 g/mol. The number of rotatable bonds is 4. The van der Waals surface area contributed by atoms with Crippen LogP contribution >= 0.6 is 0 Å². The normalized spacial score (nSPS) is 10.0. The number of hydrogen-bond acceptors (Lipinski definition) is 4. The summed E-state index contributed by atoms with van der Waals surface area (Å²) in [5, 5.41) is 14.4. The molecule has 0 spiro atoms. The molecule has 0 radical (unpaired) electrons. The van der Waals surface area contributed by atoms with Gasteiger partial charge in [-0.1, -0.05) is 12.1 Å². The Hall–Kier alpha value is -3.98. The van der Waals surface area contributed by atoms with Gasteiger partial charge in [-0.25, -0.2) is 0 Å². The van der Waals surface area contributed by atoms with Crippen molar-refractivity contribution in [2.45, 2.75) is 13.8 Å². The van der Waals surface area contributed by atoms with Gasteiger partial charge in [-0.15, -0.1) is 0 Å². The van der Waals surface area contributed by atoms with Gasteiger partial charge in [-0.3, -0.25) is 14.6 Å². The van der Waals surface area contributed by atoms with Gasteiger partial charge in [0.25, 0.3) is 11.8 Å². The van der Waals surface area contributed by atoms with Gasteiger partial charge in [0.2, 0.25) is 0 Å². The summed E-state index contributed by atoms with van der Waals surface area (Å²) in [7, 11) is 0. The van der Waals surface area contributed by atoms with Gasteiger partial charge < -0.3 is 10.6 Å². The van der Waals surface area contributed by atoms with Crippen LogP contribution in [0.4, 0.5) is 11.4 Å². The highest BCUT2D eigenvalue weighted by Gasteiger charge is 2.13. The Morgan fingerprint density at radius 3 is 2.43 bits per heavy atom. The highest BCUT2D eigenvalue weighted by atomic mass is 16.2. The topological polar surface area (TPSA) is 94.9 Å². The van der Waals surface area contributed by atoms with E-state index in [0.717, 1.165) is 11.1 Å². The van der Waals surface area contributed by atoms with Crippen LogP contribution in [-0.2, 0) is 0 Å². The lowest BCUT2D eigenvalue weighted by Crippen LogP contribution is -2.17. The van der Waals surface area contributed by atoms with E-state index in [1.54, 1.807) is 24.3 Å². The van der Waals surface area contributed by atoms with Gasteiger partial charge in [-0.05, 0) is 67.4 Å². The van der Waals surface area contributed by atoms with E-state index in [1.165, 1.54) is 18.3 Å². The van der Waals surface area contributed by atoms with Crippen molar-refractivity contribution >= 4 is 23.2 Å². The molecule has 0 unspecified atom stereocenters. The number of nitrogens with zero attached hydrogens (tertiary/aromatic N) is 2. The smallest absolute Gasteiger partial charge is 0.274 e. The van der Waals surface area contributed by atoms with Crippen molar-refractivity contribution in [3.05, 3.63) is 88.7 Å². The first-order valence-corrected chi connectivity index (χ1v) is 8.63. The molecule has 3 rings (SSSR count). The third kappa shape index (κ3) is 4.22. The zero-order chi connectivity index (χ0) is 20.1. The molecule has 138 valence electrons. The van der Waals surface area contributed by atoms with Crippen molar-refractivity contribution in [2.75, 3.05) is 10.6 Å². The van der Waals surface area contributed by atoms with Crippen molar-refractivity contribution in [1.29, 1.82) is 5.26 Å². The number of hydrogen-bond donors (Lipinski definition) is 2. The fourth-order valence-corrected chi connectivity index (χ4v) is 2.60. The second-order valence-electron chi connectivity index (χ2n) is 6.27. The number of aromatic nitrogens is 1. The van der Waals surface area contributed by atoms with Crippen LogP contribution in [-0.4, -0.2) is 16.8 Å². The molecule has 6 nitrogen and oxygen atoms in total. The average molecular weight is 370 g/mol. The molecule has 0 aliphatic rings. The van der Waals surface area contributed by atoms with Crippen LogP contribution < -0.4 is 10.6 Å². The minimum Gasteiger partial charge on any atom is -0.322 e. The Balaban J connectivity index is 1.75. The number of amides is 2. The zero-order valence-corrected chi connectivity index (χ0v) is 15.5. The summed E-state index contributed by atoms with van der Waals surface area (Å²) in [6.07, 6.45) is 1.42. The summed E-state index contributed by atoms with van der Waals surface area (Å²) in [6, 6.07) is 17.2. The number of carbonyl (C=O) groups is 2. The summed E-state index contributed by atoms with van der Waals surface area (Å²) in [6.45, 7) is 3.90. The molecule has 0 saturated heterocycles. The SMILES string of the molecule is Cc1cccc(NC(=O)c2cc(C(=O)Nc3ccc(C#N)cc3)ccn2)c1C. The molecule has 1 heterocycles.